The molecule has 8 heteroatoms. The van der Waals surface area contributed by atoms with Crippen LogP contribution in [0.4, 0.5) is 11.5 Å². The normalized spacial score (nSPS) is 11.6. The molecule has 0 amide bonds. The van der Waals surface area contributed by atoms with Gasteiger partial charge in [-0.3, -0.25) is 4.84 Å². The van der Waals surface area contributed by atoms with Crippen molar-refractivity contribution < 1.29 is 9.25 Å². The van der Waals surface area contributed by atoms with Crippen LogP contribution in [-0.2, 0) is 4.84 Å². The molecule has 7 nitrogen and oxygen atoms in total. The first-order valence-electron chi connectivity index (χ1n) is 9.09. The van der Waals surface area contributed by atoms with Crippen molar-refractivity contribution >= 4 is 28.6 Å². The molecule has 0 saturated heterocycles. The number of oxazole rings is 1. The first-order valence-corrected chi connectivity index (χ1v) is 9.46. The lowest BCUT2D eigenvalue weighted by molar-refractivity contribution is 0.199. The largest absolute Gasteiger partial charge is 0.441 e. The van der Waals surface area contributed by atoms with Crippen LogP contribution in [0, 0.1) is 13.8 Å². The summed E-state index contributed by atoms with van der Waals surface area (Å²) in [7, 11) is 1.57. The van der Waals surface area contributed by atoms with Crippen LogP contribution in [0.1, 0.15) is 36.7 Å². The third-order valence-electron chi connectivity index (χ3n) is 4.61. The van der Waals surface area contributed by atoms with E-state index in [9.17, 15) is 0 Å². The summed E-state index contributed by atoms with van der Waals surface area (Å²) in [5.74, 6) is 2.01. The number of aryl methyl sites for hydroxylation is 1. The fourth-order valence-electron chi connectivity index (χ4n) is 3.37. The minimum Gasteiger partial charge on any atom is -0.441 e. The van der Waals surface area contributed by atoms with Crippen LogP contribution in [0.5, 0.6) is 0 Å². The average Bonchev–Trinajstić information content (AvgIpc) is 3.29. The first kappa shape index (κ1) is 19.4. The molecule has 3 aromatic heterocycles. The number of rotatable bonds is 5. The molecule has 0 aliphatic carbocycles. The van der Waals surface area contributed by atoms with E-state index in [2.05, 4.69) is 28.9 Å². The van der Waals surface area contributed by atoms with Crippen LogP contribution < -0.4 is 5.06 Å². The second-order valence-electron chi connectivity index (χ2n) is 6.95. The highest BCUT2D eigenvalue weighted by molar-refractivity contribution is 6.31. The summed E-state index contributed by atoms with van der Waals surface area (Å²) < 4.78 is 7.54. The first-order chi connectivity index (χ1) is 13.9. The van der Waals surface area contributed by atoms with Crippen molar-refractivity contribution in [2.45, 2.75) is 26.7 Å². The average molecular weight is 410 g/mol. The molecule has 0 atom stereocenters. The molecule has 4 rings (SSSR count). The Morgan fingerprint density at radius 2 is 2.07 bits per heavy atom. The third-order valence-corrected chi connectivity index (χ3v) is 4.96. The van der Waals surface area contributed by atoms with E-state index in [0.717, 1.165) is 22.4 Å². The Labute approximate surface area is 173 Å². The van der Waals surface area contributed by atoms with Gasteiger partial charge in [-0.05, 0) is 42.2 Å². The Kier molecular flexibility index (Phi) is 5.02. The molecule has 0 bridgehead atoms. The van der Waals surface area contributed by atoms with E-state index in [4.69, 9.17) is 27.8 Å². The van der Waals surface area contributed by atoms with Gasteiger partial charge in [0.05, 0.1) is 24.6 Å². The quantitative estimate of drug-likeness (QED) is 0.420. The molecule has 0 aliphatic rings. The van der Waals surface area contributed by atoms with E-state index >= 15 is 0 Å². The van der Waals surface area contributed by atoms with Crippen molar-refractivity contribution in [2.24, 2.45) is 0 Å². The van der Waals surface area contributed by atoms with E-state index < -0.39 is 0 Å². The van der Waals surface area contributed by atoms with Crippen molar-refractivity contribution in [1.29, 1.82) is 0 Å². The predicted molar refractivity (Wildman–Crippen MR) is 111 cm³/mol. The molecular formula is C21H20ClN5O2. The summed E-state index contributed by atoms with van der Waals surface area (Å²) in [6, 6.07) is 5.27. The summed E-state index contributed by atoms with van der Waals surface area (Å²) >= 11 is 6.08. The maximum atomic E-state index is 6.08. The zero-order valence-corrected chi connectivity index (χ0v) is 17.3. The SMILES string of the molecule is [CH]c1cc(N(OC)c2ncnn3cc(-c4ncc(C)o4)c(C(C)C)c23)ccc1Cl. The lowest BCUT2D eigenvalue weighted by atomic mass is 10.00. The molecule has 1 aromatic carbocycles. The van der Waals surface area contributed by atoms with Gasteiger partial charge in [0.25, 0.3) is 0 Å². The van der Waals surface area contributed by atoms with Crippen LogP contribution in [0.25, 0.3) is 17.0 Å². The number of halogens is 1. The Bertz CT molecular complexity index is 1180. The zero-order valence-electron chi connectivity index (χ0n) is 16.5. The predicted octanol–water partition coefficient (Wildman–Crippen LogP) is 5.23. The number of aromatic nitrogens is 4. The van der Waals surface area contributed by atoms with Crippen molar-refractivity contribution in [2.75, 3.05) is 12.2 Å². The van der Waals surface area contributed by atoms with Gasteiger partial charge in [-0.15, -0.1) is 0 Å². The van der Waals surface area contributed by atoms with E-state index in [1.54, 1.807) is 35.0 Å². The highest BCUT2D eigenvalue weighted by atomic mass is 35.5. The number of benzene rings is 1. The van der Waals surface area contributed by atoms with E-state index in [1.807, 2.05) is 19.2 Å². The molecule has 29 heavy (non-hydrogen) atoms. The molecule has 3 heterocycles. The molecule has 2 radical (unpaired) electrons. The number of hydrogen-bond acceptors (Lipinski definition) is 6. The van der Waals surface area contributed by atoms with Gasteiger partial charge in [0, 0.05) is 18.1 Å². The summed E-state index contributed by atoms with van der Waals surface area (Å²) in [5.41, 5.74) is 3.81. The van der Waals surface area contributed by atoms with E-state index in [-0.39, 0.29) is 5.92 Å². The fourth-order valence-corrected chi connectivity index (χ4v) is 3.49. The zero-order chi connectivity index (χ0) is 20.7. The highest BCUT2D eigenvalue weighted by Gasteiger charge is 2.25. The standard InChI is InChI=1S/C21H20ClN5O2/c1-12(2)18-16(21-23-9-14(4)29-21)10-26-19(18)20(24-11-25-26)27(28-5)15-6-7-17(22)13(3)8-15/h3,6-12H,1-2,4-5H3. The lowest BCUT2D eigenvalue weighted by Gasteiger charge is -2.22. The van der Waals surface area contributed by atoms with E-state index in [1.165, 1.54) is 6.33 Å². The second kappa shape index (κ2) is 7.50. The van der Waals surface area contributed by atoms with Gasteiger partial charge >= 0.3 is 0 Å². The Balaban J connectivity index is 1.97. The Morgan fingerprint density at radius 3 is 2.69 bits per heavy atom. The maximum Gasteiger partial charge on any atom is 0.228 e. The fraction of sp³-hybridized carbons (Fsp3) is 0.238. The van der Waals surface area contributed by atoms with Crippen LogP contribution in [0.15, 0.2) is 41.3 Å². The highest BCUT2D eigenvalue weighted by Crippen LogP contribution is 2.39. The van der Waals surface area contributed by atoms with Crippen molar-refractivity contribution in [3.8, 4) is 11.5 Å². The number of fused-ring (bicyclic) bond motifs is 1. The molecule has 0 N–H and O–H groups in total. The van der Waals surface area contributed by atoms with Crippen LogP contribution in [-0.4, -0.2) is 26.7 Å². The Morgan fingerprint density at radius 1 is 1.28 bits per heavy atom. The van der Waals surface area contributed by atoms with E-state index in [0.29, 0.717) is 28.0 Å². The molecule has 0 saturated carbocycles. The van der Waals surface area contributed by atoms with Gasteiger partial charge < -0.3 is 4.42 Å². The molecule has 0 unspecified atom stereocenters. The lowest BCUT2D eigenvalue weighted by Crippen LogP contribution is -2.18. The van der Waals surface area contributed by atoms with Crippen LogP contribution in [0.3, 0.4) is 0 Å². The van der Waals surface area contributed by atoms with Gasteiger partial charge in [-0.25, -0.2) is 19.5 Å². The Hall–Kier alpha value is -2.90. The van der Waals surface area contributed by atoms with Gasteiger partial charge in [-0.1, -0.05) is 25.4 Å². The molecule has 148 valence electrons. The molecule has 0 aliphatic heterocycles. The molecule has 0 fully saturated rings. The van der Waals surface area contributed by atoms with Crippen molar-refractivity contribution in [1.82, 2.24) is 19.6 Å². The van der Waals surface area contributed by atoms with Gasteiger partial charge in [0.1, 0.15) is 17.6 Å². The van der Waals surface area contributed by atoms with Gasteiger partial charge in [-0.2, -0.15) is 5.10 Å². The topological polar surface area (TPSA) is 68.7 Å². The number of hydrogen-bond donors (Lipinski definition) is 0. The number of nitrogens with zero attached hydrogens (tertiary/aromatic N) is 5. The maximum absolute atomic E-state index is 6.08. The van der Waals surface area contributed by atoms with Crippen LogP contribution >= 0.6 is 11.6 Å². The number of anilines is 2. The van der Waals surface area contributed by atoms with Crippen molar-refractivity contribution in [3.05, 3.63) is 65.8 Å². The summed E-state index contributed by atoms with van der Waals surface area (Å²) in [4.78, 5) is 14.6. The van der Waals surface area contributed by atoms with Crippen molar-refractivity contribution in [3.63, 3.8) is 0 Å². The summed E-state index contributed by atoms with van der Waals surface area (Å²) in [6.07, 6.45) is 5.07. The molecule has 4 aromatic rings. The molecular weight excluding hydrogens is 390 g/mol. The molecule has 0 spiro atoms. The minimum atomic E-state index is 0.154. The van der Waals surface area contributed by atoms with Gasteiger partial charge in [0.2, 0.25) is 5.89 Å². The summed E-state index contributed by atoms with van der Waals surface area (Å²) in [5, 5.41) is 6.46. The monoisotopic (exact) mass is 409 g/mol. The smallest absolute Gasteiger partial charge is 0.228 e. The minimum absolute atomic E-state index is 0.154. The second-order valence-corrected chi connectivity index (χ2v) is 7.35. The third kappa shape index (κ3) is 3.36. The van der Waals surface area contributed by atoms with Crippen LogP contribution in [0.2, 0.25) is 5.02 Å². The van der Waals surface area contributed by atoms with Gasteiger partial charge in [0.15, 0.2) is 5.82 Å². The summed E-state index contributed by atoms with van der Waals surface area (Å²) in [6.45, 7) is 12.1.